The molecule has 5 N–H and O–H groups in total. The van der Waals surface area contributed by atoms with Gasteiger partial charge in [0.1, 0.15) is 5.69 Å². The Morgan fingerprint density at radius 1 is 1.24 bits per heavy atom. The molecule has 132 valence electrons. The van der Waals surface area contributed by atoms with Crippen LogP contribution in [0.2, 0.25) is 0 Å². The van der Waals surface area contributed by atoms with E-state index in [2.05, 4.69) is 54.3 Å². The van der Waals surface area contributed by atoms with Gasteiger partial charge in [0, 0.05) is 42.4 Å². The summed E-state index contributed by atoms with van der Waals surface area (Å²) < 4.78 is 6.63. The first-order valence-corrected chi connectivity index (χ1v) is 9.09. The zero-order chi connectivity index (χ0) is 17.6. The number of benzene rings is 1. The van der Waals surface area contributed by atoms with Crippen LogP contribution in [0.25, 0.3) is 0 Å². The molecule has 1 spiro atoms. The summed E-state index contributed by atoms with van der Waals surface area (Å²) in [6.45, 7) is 2.35. The number of nitrogens with two attached hydrogens (primary N) is 2. The summed E-state index contributed by atoms with van der Waals surface area (Å²) in [6, 6.07) is 6.41. The summed E-state index contributed by atoms with van der Waals surface area (Å²) in [4.78, 5) is 10.9. The quantitative estimate of drug-likeness (QED) is 0.706. The van der Waals surface area contributed by atoms with Crippen LogP contribution in [-0.4, -0.2) is 36.8 Å². The number of anilines is 5. The highest BCUT2D eigenvalue weighted by Gasteiger charge is 2.45. The van der Waals surface area contributed by atoms with Gasteiger partial charge in [-0.05, 0) is 30.5 Å². The first kappa shape index (κ1) is 16.4. The van der Waals surface area contributed by atoms with Gasteiger partial charge < -0.3 is 26.4 Å². The van der Waals surface area contributed by atoms with Gasteiger partial charge in [0.05, 0.1) is 0 Å². The monoisotopic (exact) mass is 404 g/mol. The molecule has 1 fully saturated rings. The molecule has 2 aliphatic heterocycles. The van der Waals surface area contributed by atoms with E-state index in [0.717, 1.165) is 42.8 Å². The molecule has 2 aromatic rings. The fourth-order valence-corrected chi connectivity index (χ4v) is 4.17. The number of halogens is 1. The topological polar surface area (TPSA) is 102 Å². The van der Waals surface area contributed by atoms with Gasteiger partial charge in [-0.3, -0.25) is 0 Å². The SMILES string of the molecule is CNc1nc(N)c(N)c(N2CC3(CCOCC3)c3ccc(Br)cc32)n1. The maximum atomic E-state index is 6.24. The fourth-order valence-electron chi connectivity index (χ4n) is 3.82. The number of nitrogens with one attached hydrogen (secondary N) is 1. The minimum atomic E-state index is 0.0558. The third-order valence-corrected chi connectivity index (χ3v) is 5.66. The molecule has 1 saturated heterocycles. The van der Waals surface area contributed by atoms with Gasteiger partial charge in [-0.25, -0.2) is 0 Å². The van der Waals surface area contributed by atoms with Crippen LogP contribution < -0.4 is 21.7 Å². The molecule has 1 aromatic heterocycles. The van der Waals surface area contributed by atoms with Crippen molar-refractivity contribution in [2.45, 2.75) is 18.3 Å². The highest BCUT2D eigenvalue weighted by Crippen LogP contribution is 2.51. The van der Waals surface area contributed by atoms with Crippen molar-refractivity contribution in [1.82, 2.24) is 9.97 Å². The largest absolute Gasteiger partial charge is 0.393 e. The van der Waals surface area contributed by atoms with E-state index in [1.807, 2.05) is 0 Å². The fraction of sp³-hybridized carbons (Fsp3) is 0.412. The van der Waals surface area contributed by atoms with Crippen LogP contribution >= 0.6 is 15.9 Å². The zero-order valence-corrected chi connectivity index (χ0v) is 15.6. The number of aromatic nitrogens is 2. The van der Waals surface area contributed by atoms with Crippen molar-refractivity contribution in [3.63, 3.8) is 0 Å². The third-order valence-electron chi connectivity index (χ3n) is 5.17. The zero-order valence-electron chi connectivity index (χ0n) is 14.1. The van der Waals surface area contributed by atoms with E-state index in [4.69, 9.17) is 16.2 Å². The van der Waals surface area contributed by atoms with E-state index in [1.165, 1.54) is 5.56 Å². The molecule has 0 atom stereocenters. The Balaban J connectivity index is 1.87. The Kier molecular flexibility index (Phi) is 3.96. The van der Waals surface area contributed by atoms with Crippen LogP contribution in [0.15, 0.2) is 22.7 Å². The van der Waals surface area contributed by atoms with Crippen molar-refractivity contribution < 1.29 is 4.74 Å². The molecule has 0 saturated carbocycles. The summed E-state index contributed by atoms with van der Waals surface area (Å²) in [5, 5.41) is 2.95. The van der Waals surface area contributed by atoms with Crippen LogP contribution in [0, 0.1) is 0 Å². The number of fused-ring (bicyclic) bond motifs is 2. The van der Waals surface area contributed by atoms with Crippen LogP contribution in [0.4, 0.5) is 29.0 Å². The molecule has 25 heavy (non-hydrogen) atoms. The second kappa shape index (κ2) is 6.03. The summed E-state index contributed by atoms with van der Waals surface area (Å²) in [5.74, 6) is 1.41. The van der Waals surface area contributed by atoms with Crippen molar-refractivity contribution in [3.8, 4) is 0 Å². The predicted octanol–water partition coefficient (Wildman–Crippen LogP) is 2.65. The van der Waals surface area contributed by atoms with E-state index in [0.29, 0.717) is 23.3 Å². The maximum Gasteiger partial charge on any atom is 0.226 e. The lowest BCUT2D eigenvalue weighted by Crippen LogP contribution is -2.37. The number of hydrogen-bond donors (Lipinski definition) is 3. The highest BCUT2D eigenvalue weighted by atomic mass is 79.9. The van der Waals surface area contributed by atoms with Crippen LogP contribution in [0.1, 0.15) is 18.4 Å². The lowest BCUT2D eigenvalue weighted by atomic mass is 9.76. The minimum absolute atomic E-state index is 0.0558. The maximum absolute atomic E-state index is 6.24. The standard InChI is InChI=1S/C17H21BrN6O/c1-21-16-22-14(20)13(19)15(23-16)24-9-17(4-6-25-7-5-17)11-3-2-10(18)8-12(11)24/h2-3,8H,4-7,9,19H2,1H3,(H3,20,21,22,23). The van der Waals surface area contributed by atoms with Crippen LogP contribution in [0.3, 0.4) is 0 Å². The van der Waals surface area contributed by atoms with Crippen molar-refractivity contribution in [3.05, 3.63) is 28.2 Å². The minimum Gasteiger partial charge on any atom is -0.393 e. The first-order chi connectivity index (χ1) is 12.0. The van der Waals surface area contributed by atoms with Crippen molar-refractivity contribution >= 4 is 44.9 Å². The molecular formula is C17H21BrN6O. The average Bonchev–Trinajstić information content (AvgIpc) is 2.91. The Hall–Kier alpha value is -2.06. The molecule has 3 heterocycles. The van der Waals surface area contributed by atoms with Gasteiger partial charge in [-0.2, -0.15) is 9.97 Å². The summed E-state index contributed by atoms with van der Waals surface area (Å²) >= 11 is 3.59. The van der Waals surface area contributed by atoms with E-state index in [9.17, 15) is 0 Å². The molecule has 7 nitrogen and oxygen atoms in total. The van der Waals surface area contributed by atoms with Gasteiger partial charge in [-0.1, -0.05) is 22.0 Å². The van der Waals surface area contributed by atoms with Gasteiger partial charge in [0.2, 0.25) is 5.95 Å². The van der Waals surface area contributed by atoms with Crippen LogP contribution in [-0.2, 0) is 10.2 Å². The van der Waals surface area contributed by atoms with Gasteiger partial charge >= 0.3 is 0 Å². The van der Waals surface area contributed by atoms with Gasteiger partial charge in [0.25, 0.3) is 0 Å². The molecule has 0 radical (unpaired) electrons. The van der Waals surface area contributed by atoms with Gasteiger partial charge in [0.15, 0.2) is 11.6 Å². The Bertz CT molecular complexity index is 821. The predicted molar refractivity (Wildman–Crippen MR) is 103 cm³/mol. The second-order valence-corrected chi connectivity index (χ2v) is 7.48. The Morgan fingerprint density at radius 3 is 2.72 bits per heavy atom. The Morgan fingerprint density at radius 2 is 2.00 bits per heavy atom. The molecule has 4 rings (SSSR count). The lowest BCUT2D eigenvalue weighted by Gasteiger charge is -2.34. The Labute approximate surface area is 154 Å². The number of ether oxygens (including phenoxy) is 1. The lowest BCUT2D eigenvalue weighted by molar-refractivity contribution is 0.0558. The molecule has 2 aliphatic rings. The smallest absolute Gasteiger partial charge is 0.226 e. The van der Waals surface area contributed by atoms with Gasteiger partial charge in [-0.15, -0.1) is 0 Å². The van der Waals surface area contributed by atoms with E-state index < -0.39 is 0 Å². The molecular weight excluding hydrogens is 384 g/mol. The average molecular weight is 405 g/mol. The van der Waals surface area contributed by atoms with Crippen molar-refractivity contribution in [1.29, 1.82) is 0 Å². The first-order valence-electron chi connectivity index (χ1n) is 8.30. The molecule has 8 heteroatoms. The highest BCUT2D eigenvalue weighted by molar-refractivity contribution is 9.10. The summed E-state index contributed by atoms with van der Waals surface area (Å²) in [7, 11) is 1.77. The van der Waals surface area contributed by atoms with Crippen molar-refractivity contribution in [2.75, 3.05) is 48.5 Å². The number of hydrogen-bond acceptors (Lipinski definition) is 7. The van der Waals surface area contributed by atoms with Crippen LogP contribution in [0.5, 0.6) is 0 Å². The number of nitrogens with zero attached hydrogens (tertiary/aromatic N) is 3. The molecule has 0 aliphatic carbocycles. The third kappa shape index (κ3) is 2.60. The van der Waals surface area contributed by atoms with E-state index in [-0.39, 0.29) is 5.41 Å². The van der Waals surface area contributed by atoms with E-state index in [1.54, 1.807) is 7.05 Å². The summed E-state index contributed by atoms with van der Waals surface area (Å²) in [6.07, 6.45) is 1.97. The molecule has 1 aromatic carbocycles. The molecule has 0 amide bonds. The second-order valence-electron chi connectivity index (χ2n) is 6.56. The molecule has 0 unspecified atom stereocenters. The van der Waals surface area contributed by atoms with Crippen molar-refractivity contribution in [2.24, 2.45) is 0 Å². The normalized spacial score (nSPS) is 18.4. The molecule has 0 bridgehead atoms. The summed E-state index contributed by atoms with van der Waals surface area (Å²) in [5.41, 5.74) is 15.2. The van der Waals surface area contributed by atoms with E-state index >= 15 is 0 Å². The number of nitrogen functional groups attached to an aromatic ring is 2. The number of rotatable bonds is 2.